The minimum Gasteiger partial charge on any atom is -0.331 e. The maximum absolute atomic E-state index is 13.0. The molecule has 4 aromatic rings. The zero-order chi connectivity index (χ0) is 18.2. The van der Waals surface area contributed by atoms with Gasteiger partial charge in [0.05, 0.1) is 11.2 Å². The molecule has 1 aromatic carbocycles. The largest absolute Gasteiger partial charge is 0.331 e. The average molecular weight is 354 g/mol. The summed E-state index contributed by atoms with van der Waals surface area (Å²) >= 11 is 0. The van der Waals surface area contributed by atoms with Crippen molar-refractivity contribution in [3.05, 3.63) is 78.5 Å². The Morgan fingerprint density at radius 3 is 2.74 bits per heavy atom. The molecule has 0 bridgehead atoms. The van der Waals surface area contributed by atoms with Crippen LogP contribution in [0.4, 0.5) is 0 Å². The number of carbonyl (C=O) groups excluding carboxylic acids is 1. The fourth-order valence-electron chi connectivity index (χ4n) is 4.43. The van der Waals surface area contributed by atoms with Gasteiger partial charge in [0, 0.05) is 37.4 Å². The van der Waals surface area contributed by atoms with Crippen LogP contribution < -0.4 is 0 Å². The minimum absolute atomic E-state index is 0.0927. The number of carbonyl (C=O) groups is 1. The molecule has 132 valence electrons. The molecule has 0 atom stereocenters. The second kappa shape index (κ2) is 4.88. The molecular weight excluding hydrogens is 336 g/mol. The third-order valence-corrected chi connectivity index (χ3v) is 6.12. The molecule has 6 rings (SSSR count). The Morgan fingerprint density at radius 1 is 1.04 bits per heavy atom. The molecule has 0 N–H and O–H groups in total. The van der Waals surface area contributed by atoms with Crippen molar-refractivity contribution in [1.29, 1.82) is 0 Å². The summed E-state index contributed by atoms with van der Waals surface area (Å²) < 4.78 is 4.07. The molecule has 1 amide bonds. The van der Waals surface area contributed by atoms with E-state index in [4.69, 9.17) is 0 Å². The van der Waals surface area contributed by atoms with E-state index in [2.05, 4.69) is 35.4 Å². The highest BCUT2D eigenvalue weighted by molar-refractivity contribution is 5.95. The highest BCUT2D eigenvalue weighted by Crippen LogP contribution is 2.54. The number of nitrogens with zero attached hydrogens (tertiary/aromatic N) is 4. The molecule has 27 heavy (non-hydrogen) atoms. The van der Waals surface area contributed by atoms with Gasteiger partial charge in [-0.3, -0.25) is 4.79 Å². The summed E-state index contributed by atoms with van der Waals surface area (Å²) in [4.78, 5) is 19.2. The quantitative estimate of drug-likeness (QED) is 0.521. The summed E-state index contributed by atoms with van der Waals surface area (Å²) in [7, 11) is 1.93. The van der Waals surface area contributed by atoms with E-state index in [1.54, 1.807) is 6.20 Å². The van der Waals surface area contributed by atoms with Crippen LogP contribution in [0.1, 0.15) is 28.9 Å². The molecule has 5 heteroatoms. The van der Waals surface area contributed by atoms with Gasteiger partial charge in [-0.15, -0.1) is 0 Å². The highest BCUT2D eigenvalue weighted by Gasteiger charge is 2.53. The molecule has 0 unspecified atom stereocenters. The minimum atomic E-state index is -0.154. The molecule has 0 saturated heterocycles. The maximum atomic E-state index is 13.0. The van der Waals surface area contributed by atoms with Crippen LogP contribution in [0, 0.1) is 0 Å². The van der Waals surface area contributed by atoms with Crippen LogP contribution in [-0.2, 0) is 5.54 Å². The van der Waals surface area contributed by atoms with E-state index in [0.29, 0.717) is 0 Å². The molecule has 3 aromatic heterocycles. The first-order valence-electron chi connectivity index (χ1n) is 9.21. The predicted octanol–water partition coefficient (Wildman–Crippen LogP) is 3.87. The zero-order valence-corrected chi connectivity index (χ0v) is 15.0. The lowest BCUT2D eigenvalue weighted by Crippen LogP contribution is -2.36. The van der Waals surface area contributed by atoms with Crippen molar-refractivity contribution in [2.75, 3.05) is 7.05 Å². The number of rotatable bonds is 1. The van der Waals surface area contributed by atoms with E-state index in [0.717, 1.165) is 41.0 Å². The van der Waals surface area contributed by atoms with Gasteiger partial charge >= 0.3 is 0 Å². The SMILES string of the molecule is CN1C(=O)c2cccn2-c2cc(-c3ccc4nccn4c3)ccc2C12CC2. The molecule has 1 saturated carbocycles. The number of benzene rings is 1. The standard InChI is InChI=1S/C22H18N4O/c1-24-21(27)18-3-2-11-26(18)19-13-15(4-6-17(19)22(24)8-9-22)16-5-7-20-23-10-12-25(20)14-16/h2-7,10-14H,8-9H2,1H3. The van der Waals surface area contributed by atoms with Gasteiger partial charge < -0.3 is 13.9 Å². The van der Waals surface area contributed by atoms with Crippen LogP contribution in [0.2, 0.25) is 0 Å². The summed E-state index contributed by atoms with van der Waals surface area (Å²) in [5, 5.41) is 0. The first kappa shape index (κ1) is 14.8. The Bertz CT molecular complexity index is 1230. The predicted molar refractivity (Wildman–Crippen MR) is 103 cm³/mol. The van der Waals surface area contributed by atoms with Gasteiger partial charge in [-0.25, -0.2) is 4.98 Å². The molecule has 5 nitrogen and oxygen atoms in total. The van der Waals surface area contributed by atoms with E-state index >= 15 is 0 Å². The number of amides is 1. The monoisotopic (exact) mass is 354 g/mol. The summed E-state index contributed by atoms with van der Waals surface area (Å²) in [6.07, 6.45) is 9.90. The van der Waals surface area contributed by atoms with Crippen molar-refractivity contribution in [3.8, 4) is 16.8 Å². The number of aromatic nitrogens is 3. The number of pyridine rings is 1. The molecule has 1 aliphatic carbocycles. The van der Waals surface area contributed by atoms with Crippen molar-refractivity contribution < 1.29 is 4.79 Å². The molecule has 4 heterocycles. The maximum Gasteiger partial charge on any atom is 0.271 e. The van der Waals surface area contributed by atoms with Crippen LogP contribution in [0.5, 0.6) is 0 Å². The fraction of sp³-hybridized carbons (Fsp3) is 0.182. The topological polar surface area (TPSA) is 42.5 Å². The average Bonchev–Trinajstić information content (AvgIpc) is 3.15. The third kappa shape index (κ3) is 1.88. The first-order chi connectivity index (χ1) is 13.2. The normalized spacial score (nSPS) is 17.1. The lowest BCUT2D eigenvalue weighted by molar-refractivity contribution is 0.0705. The lowest BCUT2D eigenvalue weighted by atomic mass is 9.97. The Labute approximate surface area is 156 Å². The van der Waals surface area contributed by atoms with Crippen LogP contribution in [0.25, 0.3) is 22.5 Å². The zero-order valence-electron chi connectivity index (χ0n) is 15.0. The van der Waals surface area contributed by atoms with Gasteiger partial charge in [-0.05, 0) is 54.3 Å². The summed E-state index contributed by atoms with van der Waals surface area (Å²) in [5.41, 5.74) is 6.12. The van der Waals surface area contributed by atoms with Crippen LogP contribution in [0.15, 0.2) is 67.3 Å². The van der Waals surface area contributed by atoms with Crippen molar-refractivity contribution in [2.24, 2.45) is 0 Å². The van der Waals surface area contributed by atoms with Gasteiger partial charge in [0.15, 0.2) is 0 Å². The number of fused-ring (bicyclic) bond motifs is 5. The van der Waals surface area contributed by atoms with Gasteiger partial charge in [0.25, 0.3) is 5.91 Å². The van der Waals surface area contributed by atoms with Crippen molar-refractivity contribution in [1.82, 2.24) is 18.9 Å². The third-order valence-electron chi connectivity index (χ3n) is 6.12. The van der Waals surface area contributed by atoms with Gasteiger partial charge in [0.2, 0.25) is 0 Å². The van der Waals surface area contributed by atoms with E-state index in [1.807, 2.05) is 51.5 Å². The second-order valence-corrected chi connectivity index (χ2v) is 7.50. The van der Waals surface area contributed by atoms with E-state index < -0.39 is 0 Å². The smallest absolute Gasteiger partial charge is 0.271 e. The van der Waals surface area contributed by atoms with Crippen LogP contribution in [-0.4, -0.2) is 31.8 Å². The molecule has 2 aliphatic rings. The highest BCUT2D eigenvalue weighted by atomic mass is 16.2. The molecular formula is C22H18N4O. The van der Waals surface area contributed by atoms with Crippen molar-refractivity contribution in [3.63, 3.8) is 0 Å². The summed E-state index contributed by atoms with van der Waals surface area (Å²) in [5.74, 6) is 0.0927. The molecule has 1 aliphatic heterocycles. The number of hydrogen-bond acceptors (Lipinski definition) is 2. The van der Waals surface area contributed by atoms with Gasteiger partial charge in [-0.2, -0.15) is 0 Å². The first-order valence-corrected chi connectivity index (χ1v) is 9.21. The Kier molecular flexibility index (Phi) is 2.67. The van der Waals surface area contributed by atoms with Crippen LogP contribution in [0.3, 0.4) is 0 Å². The van der Waals surface area contributed by atoms with E-state index in [-0.39, 0.29) is 11.4 Å². The van der Waals surface area contributed by atoms with Crippen molar-refractivity contribution >= 4 is 11.6 Å². The number of imidazole rings is 1. The van der Waals surface area contributed by atoms with E-state index in [1.165, 1.54) is 5.56 Å². The Hall–Kier alpha value is -3.34. The Morgan fingerprint density at radius 2 is 1.89 bits per heavy atom. The molecule has 0 radical (unpaired) electrons. The van der Waals surface area contributed by atoms with Crippen molar-refractivity contribution in [2.45, 2.75) is 18.4 Å². The van der Waals surface area contributed by atoms with Gasteiger partial charge in [-0.1, -0.05) is 12.1 Å². The number of hydrogen-bond donors (Lipinski definition) is 0. The Balaban J connectivity index is 1.59. The summed E-state index contributed by atoms with van der Waals surface area (Å²) in [6.45, 7) is 0. The fourth-order valence-corrected chi connectivity index (χ4v) is 4.43. The summed E-state index contributed by atoms with van der Waals surface area (Å²) in [6, 6.07) is 14.6. The second-order valence-electron chi connectivity index (χ2n) is 7.50. The molecule has 1 fully saturated rings. The van der Waals surface area contributed by atoms with Gasteiger partial charge in [0.1, 0.15) is 11.3 Å². The lowest BCUT2D eigenvalue weighted by Gasteiger charge is -2.27. The van der Waals surface area contributed by atoms with Crippen LogP contribution >= 0.6 is 0 Å². The molecule has 1 spiro atoms. The van der Waals surface area contributed by atoms with E-state index in [9.17, 15) is 4.79 Å².